The highest BCUT2D eigenvalue weighted by Crippen LogP contribution is 2.26. The predicted molar refractivity (Wildman–Crippen MR) is 78.4 cm³/mol. The molecule has 0 spiro atoms. The molecule has 0 amide bonds. The fourth-order valence-corrected chi connectivity index (χ4v) is 3.79. The minimum Gasteiger partial charge on any atom is -0.497 e. The molecule has 0 saturated heterocycles. The molecule has 0 aromatic heterocycles. The quantitative estimate of drug-likeness (QED) is 0.801. The van der Waals surface area contributed by atoms with Crippen LogP contribution in [-0.2, 0) is 9.84 Å². The van der Waals surface area contributed by atoms with E-state index in [1.807, 2.05) is 13.8 Å². The summed E-state index contributed by atoms with van der Waals surface area (Å²) in [5.41, 5.74) is 0. The lowest BCUT2D eigenvalue weighted by molar-refractivity contribution is 0.120. The number of halogens is 1. The first kappa shape index (κ1) is 16.5. The first-order valence-corrected chi connectivity index (χ1v) is 8.45. The molecule has 1 rings (SSSR count). The zero-order valence-corrected chi connectivity index (χ0v) is 13.6. The molecular weight excluding hydrogens is 332 g/mol. The Labute approximate surface area is 122 Å². The van der Waals surface area contributed by atoms with Gasteiger partial charge in [-0.3, -0.25) is 0 Å². The van der Waals surface area contributed by atoms with E-state index in [-0.39, 0.29) is 17.2 Å². The van der Waals surface area contributed by atoms with Crippen LogP contribution in [0.15, 0.2) is 29.2 Å². The molecule has 0 bridgehead atoms. The van der Waals surface area contributed by atoms with Gasteiger partial charge in [0.2, 0.25) is 0 Å². The summed E-state index contributed by atoms with van der Waals surface area (Å²) >= 11 is 3.16. The molecule has 0 saturated carbocycles. The largest absolute Gasteiger partial charge is 0.497 e. The van der Waals surface area contributed by atoms with Gasteiger partial charge in [0, 0.05) is 6.42 Å². The molecule has 1 N–H and O–H groups in total. The van der Waals surface area contributed by atoms with Crippen LogP contribution in [-0.4, -0.2) is 30.9 Å². The highest BCUT2D eigenvalue weighted by Gasteiger charge is 2.28. The molecule has 108 valence electrons. The summed E-state index contributed by atoms with van der Waals surface area (Å²) in [4.78, 5) is 0.214. The van der Waals surface area contributed by atoms with Gasteiger partial charge in [-0.1, -0.05) is 29.8 Å². The molecule has 6 heteroatoms. The van der Waals surface area contributed by atoms with E-state index in [1.54, 1.807) is 12.1 Å². The minimum atomic E-state index is -3.49. The summed E-state index contributed by atoms with van der Waals surface area (Å²) < 4.78 is 28.8. The number of benzene rings is 1. The van der Waals surface area contributed by atoms with Crippen molar-refractivity contribution in [2.24, 2.45) is 5.92 Å². The van der Waals surface area contributed by atoms with Gasteiger partial charge in [0.1, 0.15) is 9.91 Å². The van der Waals surface area contributed by atoms with Crippen LogP contribution in [0.3, 0.4) is 0 Å². The van der Waals surface area contributed by atoms with E-state index in [9.17, 15) is 13.5 Å². The fraction of sp³-hybridized carbons (Fsp3) is 0.538. The Kier molecular flexibility index (Phi) is 5.82. The Hall–Kier alpha value is -0.590. The van der Waals surface area contributed by atoms with Crippen LogP contribution >= 0.6 is 15.9 Å². The Morgan fingerprint density at radius 1 is 1.26 bits per heavy atom. The van der Waals surface area contributed by atoms with Crippen LogP contribution in [0.4, 0.5) is 0 Å². The second-order valence-corrected chi connectivity index (χ2v) is 8.52. The van der Waals surface area contributed by atoms with Crippen molar-refractivity contribution in [3.63, 3.8) is 0 Å². The van der Waals surface area contributed by atoms with E-state index in [1.165, 1.54) is 19.2 Å². The summed E-state index contributed by atoms with van der Waals surface area (Å²) in [6.07, 6.45) is -0.496. The Bertz CT molecular complexity index is 496. The average molecular weight is 351 g/mol. The Morgan fingerprint density at radius 3 is 2.21 bits per heavy atom. The van der Waals surface area contributed by atoms with Crippen LogP contribution in [0, 0.1) is 5.92 Å². The van der Waals surface area contributed by atoms with E-state index in [4.69, 9.17) is 4.74 Å². The van der Waals surface area contributed by atoms with Crippen molar-refractivity contribution in [3.8, 4) is 5.75 Å². The monoisotopic (exact) mass is 350 g/mol. The van der Waals surface area contributed by atoms with Gasteiger partial charge < -0.3 is 9.84 Å². The maximum atomic E-state index is 12.3. The average Bonchev–Trinajstić information content (AvgIpc) is 2.38. The molecule has 0 heterocycles. The number of aliphatic hydroxyl groups excluding tert-OH is 1. The molecule has 0 aliphatic rings. The number of hydrogen-bond acceptors (Lipinski definition) is 4. The van der Waals surface area contributed by atoms with Gasteiger partial charge in [-0.15, -0.1) is 0 Å². The topological polar surface area (TPSA) is 63.6 Å². The lowest BCUT2D eigenvalue weighted by Crippen LogP contribution is -2.24. The number of ether oxygens (including phenoxy) is 1. The summed E-state index contributed by atoms with van der Waals surface area (Å²) in [6, 6.07) is 6.21. The molecule has 1 aromatic rings. The number of aliphatic hydroxyl groups is 1. The van der Waals surface area contributed by atoms with E-state index in [0.29, 0.717) is 5.75 Å². The molecule has 19 heavy (non-hydrogen) atoms. The third-order valence-electron chi connectivity index (χ3n) is 2.92. The van der Waals surface area contributed by atoms with Gasteiger partial charge >= 0.3 is 0 Å². The number of methoxy groups -OCH3 is 1. The SMILES string of the molecule is COc1ccc(S(=O)(=O)[C@@H](Br)C[C@H](O)C(C)C)cc1. The van der Waals surface area contributed by atoms with Crippen molar-refractivity contribution in [1.82, 2.24) is 0 Å². The summed E-state index contributed by atoms with van der Waals surface area (Å²) in [7, 11) is -1.97. The zero-order chi connectivity index (χ0) is 14.6. The number of alkyl halides is 1. The molecule has 4 nitrogen and oxygen atoms in total. The highest BCUT2D eigenvalue weighted by atomic mass is 79.9. The molecule has 1 aromatic carbocycles. The molecule has 0 fully saturated rings. The van der Waals surface area contributed by atoms with E-state index < -0.39 is 20.1 Å². The van der Waals surface area contributed by atoms with Gasteiger partial charge in [-0.25, -0.2) is 8.42 Å². The maximum absolute atomic E-state index is 12.3. The minimum absolute atomic E-state index is 0.0196. The summed E-state index contributed by atoms with van der Waals surface area (Å²) in [6.45, 7) is 3.70. The van der Waals surface area contributed by atoms with Crippen molar-refractivity contribution < 1.29 is 18.3 Å². The van der Waals surface area contributed by atoms with Crippen molar-refractivity contribution in [2.75, 3.05) is 7.11 Å². The second kappa shape index (κ2) is 6.72. The normalized spacial score (nSPS) is 15.3. The Balaban J connectivity index is 2.89. The zero-order valence-electron chi connectivity index (χ0n) is 11.2. The van der Waals surface area contributed by atoms with Gasteiger partial charge in [0.25, 0.3) is 0 Å². The summed E-state index contributed by atoms with van der Waals surface area (Å²) in [5.74, 6) is 0.624. The lowest BCUT2D eigenvalue weighted by Gasteiger charge is -2.18. The van der Waals surface area contributed by atoms with Crippen LogP contribution in [0.25, 0.3) is 0 Å². The number of rotatable bonds is 6. The third-order valence-corrected chi connectivity index (χ3v) is 6.57. The molecule has 0 unspecified atom stereocenters. The van der Waals surface area contributed by atoms with E-state index in [0.717, 1.165) is 0 Å². The van der Waals surface area contributed by atoms with Crippen LogP contribution in [0.1, 0.15) is 20.3 Å². The first-order chi connectivity index (χ1) is 8.78. The first-order valence-electron chi connectivity index (χ1n) is 5.99. The lowest BCUT2D eigenvalue weighted by atomic mass is 10.1. The van der Waals surface area contributed by atoms with Crippen LogP contribution in [0.5, 0.6) is 5.75 Å². The third kappa shape index (κ3) is 4.19. The van der Waals surface area contributed by atoms with Gasteiger partial charge in [0.05, 0.1) is 18.1 Å². The van der Waals surface area contributed by atoms with Crippen molar-refractivity contribution in [1.29, 1.82) is 0 Å². The van der Waals surface area contributed by atoms with E-state index in [2.05, 4.69) is 15.9 Å². The van der Waals surface area contributed by atoms with Gasteiger partial charge in [-0.05, 0) is 30.2 Å². The highest BCUT2D eigenvalue weighted by molar-refractivity contribution is 9.11. The van der Waals surface area contributed by atoms with E-state index >= 15 is 0 Å². The Morgan fingerprint density at radius 2 is 1.79 bits per heavy atom. The smallest absolute Gasteiger partial charge is 0.191 e. The number of hydrogen-bond donors (Lipinski definition) is 1. The molecule has 0 aliphatic heterocycles. The van der Waals surface area contributed by atoms with Gasteiger partial charge in [0.15, 0.2) is 9.84 Å². The van der Waals surface area contributed by atoms with Crippen molar-refractivity contribution in [2.45, 2.75) is 35.4 Å². The molecule has 0 radical (unpaired) electrons. The predicted octanol–water partition coefficient (Wildman–Crippen LogP) is 2.60. The maximum Gasteiger partial charge on any atom is 0.191 e. The van der Waals surface area contributed by atoms with Crippen LogP contribution in [0.2, 0.25) is 0 Å². The molecule has 0 aliphatic carbocycles. The van der Waals surface area contributed by atoms with Crippen molar-refractivity contribution in [3.05, 3.63) is 24.3 Å². The van der Waals surface area contributed by atoms with Crippen molar-refractivity contribution >= 4 is 25.8 Å². The standard InChI is InChI=1S/C13H19BrO4S/c1-9(2)12(15)8-13(14)19(16,17)11-6-4-10(18-3)5-7-11/h4-7,9,12-13,15H,8H2,1-3H3/t12-,13+/m0/s1. The molecule has 2 atom stereocenters. The molecular formula is C13H19BrO4S. The number of sulfone groups is 1. The second-order valence-electron chi connectivity index (χ2n) is 4.68. The van der Waals surface area contributed by atoms with Gasteiger partial charge in [-0.2, -0.15) is 0 Å². The summed E-state index contributed by atoms with van der Waals surface area (Å²) in [5, 5.41) is 9.77. The van der Waals surface area contributed by atoms with Crippen LogP contribution < -0.4 is 4.74 Å². The fourth-order valence-electron chi connectivity index (χ4n) is 1.50.